The first-order valence-corrected chi connectivity index (χ1v) is 8.39. The first kappa shape index (κ1) is 19.6. The molecule has 0 aromatic rings. The summed E-state index contributed by atoms with van der Waals surface area (Å²) in [7, 11) is 0. The number of unbranched alkanes of at least 4 members (excludes halogenated alkanes) is 3. The molecule has 0 radical (unpaired) electrons. The van der Waals surface area contributed by atoms with Gasteiger partial charge in [0.15, 0.2) is 0 Å². The largest absolute Gasteiger partial charge is 0.481 e. The Hall–Kier alpha value is -0.390. The van der Waals surface area contributed by atoms with E-state index in [1.165, 1.54) is 0 Å². The Morgan fingerprint density at radius 2 is 1.75 bits per heavy atom. The van der Waals surface area contributed by atoms with Crippen LogP contribution in [0.3, 0.4) is 0 Å². The van der Waals surface area contributed by atoms with Crippen molar-refractivity contribution in [2.24, 2.45) is 5.92 Å². The van der Waals surface area contributed by atoms with Crippen molar-refractivity contribution >= 4 is 17.7 Å². The van der Waals surface area contributed by atoms with Crippen molar-refractivity contribution in [1.82, 2.24) is 0 Å². The third kappa shape index (κ3) is 12.6. The Morgan fingerprint density at radius 1 is 1.10 bits per heavy atom. The van der Waals surface area contributed by atoms with Crippen LogP contribution in [-0.4, -0.2) is 28.8 Å². The van der Waals surface area contributed by atoms with E-state index in [0.717, 1.165) is 30.8 Å². The molecule has 0 aromatic heterocycles. The molecular weight excluding hydrogens is 289 g/mol. The van der Waals surface area contributed by atoms with Crippen LogP contribution in [0.5, 0.6) is 0 Å². The number of aliphatic carboxylic acids is 1. The van der Waals surface area contributed by atoms with Gasteiger partial charge in [0, 0.05) is 6.42 Å². The minimum Gasteiger partial charge on any atom is -0.481 e. The zero-order valence-electron chi connectivity index (χ0n) is 12.0. The maximum Gasteiger partial charge on any atom is 0.389 e. The maximum atomic E-state index is 11.9. The highest BCUT2D eigenvalue weighted by Gasteiger charge is 2.25. The zero-order chi connectivity index (χ0) is 15.4. The predicted molar refractivity (Wildman–Crippen MR) is 77.1 cm³/mol. The fourth-order valence-corrected chi connectivity index (χ4v) is 3.01. The van der Waals surface area contributed by atoms with Crippen molar-refractivity contribution < 1.29 is 23.1 Å². The van der Waals surface area contributed by atoms with E-state index in [-0.39, 0.29) is 12.3 Å². The lowest BCUT2D eigenvalue weighted by Crippen LogP contribution is -2.14. The van der Waals surface area contributed by atoms with E-state index in [2.05, 4.69) is 0 Å². The van der Waals surface area contributed by atoms with Gasteiger partial charge in [-0.3, -0.25) is 4.79 Å². The van der Waals surface area contributed by atoms with Crippen LogP contribution in [0.25, 0.3) is 0 Å². The molecule has 0 fully saturated rings. The number of hydrogen-bond acceptors (Lipinski definition) is 2. The molecule has 0 bridgehead atoms. The lowest BCUT2D eigenvalue weighted by atomic mass is 10.0. The first-order valence-electron chi connectivity index (χ1n) is 7.24. The molecule has 2 nitrogen and oxygen atoms in total. The van der Waals surface area contributed by atoms with Crippen LogP contribution in [0.1, 0.15) is 58.3 Å². The highest BCUT2D eigenvalue weighted by Crippen LogP contribution is 2.23. The Labute approximate surface area is 123 Å². The Balaban J connectivity index is 3.38. The lowest BCUT2D eigenvalue weighted by molar-refractivity contribution is -0.142. The molecule has 0 aromatic carbocycles. The summed E-state index contributed by atoms with van der Waals surface area (Å²) in [6, 6.07) is 0. The minimum atomic E-state index is -4.03. The zero-order valence-corrected chi connectivity index (χ0v) is 12.9. The quantitative estimate of drug-likeness (QED) is 0.508. The summed E-state index contributed by atoms with van der Waals surface area (Å²) in [6.07, 6.45) is 0.126. The number of carbonyl (C=O) groups is 1. The topological polar surface area (TPSA) is 37.3 Å². The molecule has 120 valence electrons. The van der Waals surface area contributed by atoms with Crippen LogP contribution in [0, 0.1) is 5.92 Å². The second-order valence-electron chi connectivity index (χ2n) is 5.00. The number of hydrogen-bond donors (Lipinski definition) is 1. The van der Waals surface area contributed by atoms with Crippen molar-refractivity contribution in [3.63, 3.8) is 0 Å². The summed E-state index contributed by atoms with van der Waals surface area (Å²) in [4.78, 5) is 10.9. The highest BCUT2D eigenvalue weighted by molar-refractivity contribution is 7.99. The molecule has 0 spiro atoms. The highest BCUT2D eigenvalue weighted by atomic mass is 32.2. The molecular formula is C14H25F3O2S. The summed E-state index contributed by atoms with van der Waals surface area (Å²) in [6.45, 7) is 1.98. The van der Waals surface area contributed by atoms with Gasteiger partial charge in [0.05, 0.1) is 5.92 Å². The SMILES string of the molecule is CCCC(CCSCCCCCCC(F)(F)F)C(=O)O. The van der Waals surface area contributed by atoms with Gasteiger partial charge in [-0.05, 0) is 37.2 Å². The second kappa shape index (κ2) is 11.3. The number of alkyl halides is 3. The van der Waals surface area contributed by atoms with Gasteiger partial charge in [0.25, 0.3) is 0 Å². The van der Waals surface area contributed by atoms with E-state index < -0.39 is 18.6 Å². The molecule has 1 atom stereocenters. The Bertz CT molecular complexity index is 257. The average Bonchev–Trinajstić information content (AvgIpc) is 2.33. The van der Waals surface area contributed by atoms with E-state index in [1.807, 2.05) is 6.92 Å². The van der Waals surface area contributed by atoms with Gasteiger partial charge in [-0.15, -0.1) is 0 Å². The molecule has 6 heteroatoms. The van der Waals surface area contributed by atoms with Gasteiger partial charge in [0.2, 0.25) is 0 Å². The van der Waals surface area contributed by atoms with Gasteiger partial charge in [-0.2, -0.15) is 24.9 Å². The molecule has 1 unspecified atom stereocenters. The summed E-state index contributed by atoms with van der Waals surface area (Å²) in [5, 5.41) is 8.97. The number of rotatable bonds is 12. The molecule has 1 N–H and O–H groups in total. The molecule has 0 aliphatic rings. The summed E-state index contributed by atoms with van der Waals surface area (Å²) >= 11 is 1.70. The number of carboxylic acid groups (broad SMARTS) is 1. The van der Waals surface area contributed by atoms with Crippen LogP contribution in [0.15, 0.2) is 0 Å². The number of halogens is 3. The van der Waals surface area contributed by atoms with Crippen LogP contribution >= 0.6 is 11.8 Å². The summed E-state index contributed by atoms with van der Waals surface area (Å²) in [5.74, 6) is 0.753. The summed E-state index contributed by atoms with van der Waals surface area (Å²) in [5.41, 5.74) is 0. The predicted octanol–water partition coefficient (Wildman–Crippen LogP) is 5.12. The van der Waals surface area contributed by atoms with E-state index in [9.17, 15) is 18.0 Å². The van der Waals surface area contributed by atoms with E-state index in [4.69, 9.17) is 5.11 Å². The van der Waals surface area contributed by atoms with Gasteiger partial charge in [-0.25, -0.2) is 0 Å². The average molecular weight is 314 g/mol. The fourth-order valence-electron chi connectivity index (χ4n) is 1.95. The van der Waals surface area contributed by atoms with Crippen molar-refractivity contribution in [2.75, 3.05) is 11.5 Å². The number of thioether (sulfide) groups is 1. The van der Waals surface area contributed by atoms with Gasteiger partial charge < -0.3 is 5.11 Å². The van der Waals surface area contributed by atoms with Crippen LogP contribution in [0.2, 0.25) is 0 Å². The normalized spacial score (nSPS) is 13.4. The monoisotopic (exact) mass is 314 g/mol. The maximum absolute atomic E-state index is 11.9. The minimum absolute atomic E-state index is 0.214. The lowest BCUT2D eigenvalue weighted by Gasteiger charge is -2.10. The molecule has 0 aliphatic carbocycles. The van der Waals surface area contributed by atoms with Gasteiger partial charge in [-0.1, -0.05) is 26.2 Å². The number of carboxylic acids is 1. The van der Waals surface area contributed by atoms with E-state index >= 15 is 0 Å². The molecule has 0 saturated carbocycles. The second-order valence-corrected chi connectivity index (χ2v) is 6.23. The first-order chi connectivity index (χ1) is 9.37. The molecule has 0 heterocycles. The third-order valence-corrected chi connectivity index (χ3v) is 4.20. The smallest absolute Gasteiger partial charge is 0.389 e. The van der Waals surface area contributed by atoms with Crippen LogP contribution in [0.4, 0.5) is 13.2 Å². The Kier molecular flexibility index (Phi) is 11.1. The fraction of sp³-hybridized carbons (Fsp3) is 0.929. The van der Waals surface area contributed by atoms with Crippen LogP contribution in [-0.2, 0) is 4.79 Å². The molecule has 0 aliphatic heterocycles. The van der Waals surface area contributed by atoms with Crippen molar-refractivity contribution in [2.45, 2.75) is 64.5 Å². The van der Waals surface area contributed by atoms with Crippen molar-refractivity contribution in [1.29, 1.82) is 0 Å². The molecule has 0 rings (SSSR count). The molecule has 0 saturated heterocycles. The van der Waals surface area contributed by atoms with Crippen molar-refractivity contribution in [3.05, 3.63) is 0 Å². The molecule has 20 heavy (non-hydrogen) atoms. The third-order valence-electron chi connectivity index (χ3n) is 3.10. The van der Waals surface area contributed by atoms with Gasteiger partial charge >= 0.3 is 12.1 Å². The van der Waals surface area contributed by atoms with Crippen LogP contribution < -0.4 is 0 Å². The standard InChI is InChI=1S/C14H25F3O2S/c1-2-7-12(13(18)19)8-11-20-10-6-4-3-5-9-14(15,16)17/h12H,2-11H2,1H3,(H,18,19). The Morgan fingerprint density at radius 3 is 2.30 bits per heavy atom. The summed E-state index contributed by atoms with van der Waals surface area (Å²) < 4.78 is 35.6. The van der Waals surface area contributed by atoms with Crippen molar-refractivity contribution in [3.8, 4) is 0 Å². The molecule has 0 amide bonds. The van der Waals surface area contributed by atoms with E-state index in [1.54, 1.807) is 11.8 Å². The van der Waals surface area contributed by atoms with E-state index in [0.29, 0.717) is 19.3 Å². The van der Waals surface area contributed by atoms with Gasteiger partial charge in [0.1, 0.15) is 0 Å².